The summed E-state index contributed by atoms with van der Waals surface area (Å²) in [7, 11) is 3.37. The van der Waals surface area contributed by atoms with Gasteiger partial charge in [0.25, 0.3) is 0 Å². The van der Waals surface area contributed by atoms with Gasteiger partial charge in [0.15, 0.2) is 0 Å². The van der Waals surface area contributed by atoms with Crippen LogP contribution in [0.25, 0.3) is 0 Å². The van der Waals surface area contributed by atoms with Crippen LogP contribution in [0.15, 0.2) is 18.2 Å². The maximum atomic E-state index is 11.1. The molecule has 0 aliphatic rings. The molecule has 0 radical (unpaired) electrons. The van der Waals surface area contributed by atoms with Gasteiger partial charge >= 0.3 is 5.97 Å². The number of rotatable bonds is 6. The lowest BCUT2D eigenvalue weighted by atomic mass is 10.1. The number of nitrogens with zero attached hydrogens (tertiary/aromatic N) is 1. The van der Waals surface area contributed by atoms with E-state index >= 15 is 0 Å². The molecule has 0 amide bonds. The second-order valence-electron chi connectivity index (χ2n) is 4.44. The van der Waals surface area contributed by atoms with E-state index in [2.05, 4.69) is 9.64 Å². The van der Waals surface area contributed by atoms with E-state index in [1.807, 2.05) is 32.2 Å². The van der Waals surface area contributed by atoms with E-state index in [1.54, 1.807) is 0 Å². The molecule has 0 heterocycles. The Hall–Kier alpha value is -1.62. The molecule has 0 fully saturated rings. The predicted octanol–water partition coefficient (Wildman–Crippen LogP) is 2.02. The van der Waals surface area contributed by atoms with E-state index in [0.29, 0.717) is 11.4 Å². The predicted molar refractivity (Wildman–Crippen MR) is 81.6 cm³/mol. The van der Waals surface area contributed by atoms with Gasteiger partial charge in [-0.3, -0.25) is 4.79 Å². The third-order valence-corrected chi connectivity index (χ3v) is 3.21. The van der Waals surface area contributed by atoms with Gasteiger partial charge in [0, 0.05) is 31.3 Å². The van der Waals surface area contributed by atoms with Crippen molar-refractivity contribution in [2.75, 3.05) is 25.6 Å². The van der Waals surface area contributed by atoms with Crippen LogP contribution in [0.2, 0.25) is 0 Å². The molecule has 1 aromatic carbocycles. The van der Waals surface area contributed by atoms with Crippen LogP contribution in [0, 0.1) is 6.92 Å². The van der Waals surface area contributed by atoms with Crippen molar-refractivity contribution in [3.05, 3.63) is 29.3 Å². The van der Waals surface area contributed by atoms with Crippen LogP contribution < -0.4 is 10.6 Å². The van der Waals surface area contributed by atoms with Gasteiger partial charge < -0.3 is 15.4 Å². The fourth-order valence-electron chi connectivity index (χ4n) is 2.04. The molecule has 0 spiro atoms. The van der Waals surface area contributed by atoms with Gasteiger partial charge in [0.1, 0.15) is 4.99 Å². The van der Waals surface area contributed by atoms with Gasteiger partial charge in [-0.25, -0.2) is 0 Å². The molecule has 2 N–H and O–H groups in total. The van der Waals surface area contributed by atoms with E-state index in [-0.39, 0.29) is 5.97 Å². The number of ether oxygens (including phenoxy) is 1. The second kappa shape index (κ2) is 7.09. The third-order valence-electron chi connectivity index (χ3n) is 2.99. The van der Waals surface area contributed by atoms with Crippen molar-refractivity contribution < 1.29 is 9.53 Å². The van der Waals surface area contributed by atoms with Crippen LogP contribution in [-0.4, -0.2) is 31.7 Å². The van der Waals surface area contributed by atoms with Crippen LogP contribution in [0.5, 0.6) is 0 Å². The molecule has 4 nitrogen and oxygen atoms in total. The van der Waals surface area contributed by atoms with E-state index in [9.17, 15) is 4.79 Å². The Balaban J connectivity index is 2.79. The Morgan fingerprint density at radius 1 is 1.47 bits per heavy atom. The molecule has 19 heavy (non-hydrogen) atoms. The van der Waals surface area contributed by atoms with Crippen molar-refractivity contribution in [1.29, 1.82) is 0 Å². The highest BCUT2D eigenvalue weighted by Crippen LogP contribution is 2.24. The van der Waals surface area contributed by atoms with Gasteiger partial charge in [-0.05, 0) is 25.0 Å². The highest BCUT2D eigenvalue weighted by Gasteiger charge is 2.12. The van der Waals surface area contributed by atoms with Gasteiger partial charge in [0.05, 0.1) is 7.11 Å². The Labute approximate surface area is 119 Å². The molecule has 0 aliphatic carbocycles. The molecule has 0 saturated heterocycles. The summed E-state index contributed by atoms with van der Waals surface area (Å²) in [6, 6.07) is 5.88. The van der Waals surface area contributed by atoms with E-state index in [0.717, 1.165) is 29.8 Å². The maximum Gasteiger partial charge on any atom is 0.305 e. The van der Waals surface area contributed by atoms with Crippen LogP contribution in [0.1, 0.15) is 24.0 Å². The number of hydrogen-bond donors (Lipinski definition) is 1. The minimum Gasteiger partial charge on any atom is -0.469 e. The SMILES string of the molecule is COC(=O)CCCN(C)c1c(C)cccc1C(N)=S. The Kier molecular flexibility index (Phi) is 5.76. The van der Waals surface area contributed by atoms with Crippen LogP contribution >= 0.6 is 12.2 Å². The van der Waals surface area contributed by atoms with Crippen LogP contribution in [0.4, 0.5) is 5.69 Å². The highest BCUT2D eigenvalue weighted by atomic mass is 32.1. The number of benzene rings is 1. The quantitative estimate of drug-likeness (QED) is 0.638. The Bertz CT molecular complexity index is 475. The zero-order valence-electron chi connectivity index (χ0n) is 11.6. The number of nitrogens with two attached hydrogens (primary N) is 1. The average Bonchev–Trinajstić information content (AvgIpc) is 2.37. The average molecular weight is 280 g/mol. The molecular formula is C14H20N2O2S. The third kappa shape index (κ3) is 4.21. The summed E-state index contributed by atoms with van der Waals surface area (Å²) < 4.78 is 4.63. The molecular weight excluding hydrogens is 260 g/mol. The number of hydrogen-bond acceptors (Lipinski definition) is 4. The summed E-state index contributed by atoms with van der Waals surface area (Å²) in [4.78, 5) is 13.6. The maximum absolute atomic E-state index is 11.1. The zero-order valence-corrected chi connectivity index (χ0v) is 12.4. The molecule has 0 saturated carbocycles. The zero-order chi connectivity index (χ0) is 14.4. The van der Waals surface area contributed by atoms with E-state index < -0.39 is 0 Å². The monoisotopic (exact) mass is 280 g/mol. The molecule has 0 atom stereocenters. The lowest BCUT2D eigenvalue weighted by Crippen LogP contribution is -2.24. The fourth-order valence-corrected chi connectivity index (χ4v) is 2.20. The number of esters is 1. The highest BCUT2D eigenvalue weighted by molar-refractivity contribution is 7.80. The van der Waals surface area contributed by atoms with Gasteiger partial charge in [-0.1, -0.05) is 24.4 Å². The van der Waals surface area contributed by atoms with E-state index in [4.69, 9.17) is 18.0 Å². The first-order chi connectivity index (χ1) is 8.97. The number of aryl methyl sites for hydroxylation is 1. The Morgan fingerprint density at radius 2 is 2.16 bits per heavy atom. The first-order valence-electron chi connectivity index (χ1n) is 6.14. The summed E-state index contributed by atoms with van der Waals surface area (Å²) in [5, 5.41) is 0. The van der Waals surface area contributed by atoms with Gasteiger partial charge in [-0.15, -0.1) is 0 Å². The van der Waals surface area contributed by atoms with Crippen molar-refractivity contribution >= 4 is 28.9 Å². The summed E-state index contributed by atoms with van der Waals surface area (Å²) in [6.45, 7) is 2.77. The number of methoxy groups -OCH3 is 1. The summed E-state index contributed by atoms with van der Waals surface area (Å²) >= 11 is 5.08. The minimum atomic E-state index is -0.187. The smallest absolute Gasteiger partial charge is 0.305 e. The molecule has 0 unspecified atom stereocenters. The van der Waals surface area contributed by atoms with Crippen molar-refractivity contribution in [2.45, 2.75) is 19.8 Å². The topological polar surface area (TPSA) is 55.6 Å². The second-order valence-corrected chi connectivity index (χ2v) is 4.88. The molecule has 0 aromatic heterocycles. The minimum absolute atomic E-state index is 0.187. The van der Waals surface area contributed by atoms with Crippen LogP contribution in [-0.2, 0) is 9.53 Å². The van der Waals surface area contributed by atoms with Crippen LogP contribution in [0.3, 0.4) is 0 Å². The molecule has 1 aromatic rings. The summed E-state index contributed by atoms with van der Waals surface area (Å²) in [5.41, 5.74) is 8.77. The van der Waals surface area contributed by atoms with Crippen molar-refractivity contribution in [3.63, 3.8) is 0 Å². The number of carbonyl (C=O) groups is 1. The van der Waals surface area contributed by atoms with Gasteiger partial charge in [0.2, 0.25) is 0 Å². The summed E-state index contributed by atoms with van der Waals surface area (Å²) in [5.74, 6) is -0.187. The number of para-hydroxylation sites is 1. The van der Waals surface area contributed by atoms with Crippen molar-refractivity contribution in [3.8, 4) is 0 Å². The molecule has 5 heteroatoms. The molecule has 1 rings (SSSR count). The standard InChI is InChI=1S/C14H20N2O2S/c1-10-6-4-7-11(14(15)19)13(10)16(2)9-5-8-12(17)18-3/h4,6-7H,5,8-9H2,1-3H3,(H2,15,19). The molecule has 0 bridgehead atoms. The first-order valence-corrected chi connectivity index (χ1v) is 6.55. The molecule has 104 valence electrons. The fraction of sp³-hybridized carbons (Fsp3) is 0.429. The molecule has 0 aliphatic heterocycles. The summed E-state index contributed by atoms with van der Waals surface area (Å²) in [6.07, 6.45) is 1.14. The normalized spacial score (nSPS) is 10.1. The van der Waals surface area contributed by atoms with E-state index in [1.165, 1.54) is 7.11 Å². The largest absolute Gasteiger partial charge is 0.469 e. The first kappa shape index (κ1) is 15.4. The lowest BCUT2D eigenvalue weighted by molar-refractivity contribution is -0.140. The Morgan fingerprint density at radius 3 is 2.74 bits per heavy atom. The van der Waals surface area contributed by atoms with Gasteiger partial charge in [-0.2, -0.15) is 0 Å². The number of anilines is 1. The number of carbonyl (C=O) groups excluding carboxylic acids is 1. The van der Waals surface area contributed by atoms with Crippen molar-refractivity contribution in [2.24, 2.45) is 5.73 Å². The number of thiocarbonyl (C=S) groups is 1. The van der Waals surface area contributed by atoms with Crippen molar-refractivity contribution in [1.82, 2.24) is 0 Å². The lowest BCUT2D eigenvalue weighted by Gasteiger charge is -2.24.